The van der Waals surface area contributed by atoms with Crippen molar-refractivity contribution < 1.29 is 9.84 Å². The Balaban J connectivity index is 3.20. The Morgan fingerprint density at radius 1 is 1.38 bits per heavy atom. The molecule has 0 amide bonds. The second-order valence-electron chi connectivity index (χ2n) is 4.31. The van der Waals surface area contributed by atoms with Gasteiger partial charge in [0.25, 0.3) is 0 Å². The summed E-state index contributed by atoms with van der Waals surface area (Å²) in [7, 11) is 3.46. The summed E-state index contributed by atoms with van der Waals surface area (Å²) in [6.07, 6.45) is 0. The predicted octanol–water partition coefficient (Wildman–Crippen LogP) is 1.76. The van der Waals surface area contributed by atoms with Crippen molar-refractivity contribution in [3.05, 3.63) is 29.8 Å². The normalized spacial score (nSPS) is 14.9. The van der Waals surface area contributed by atoms with Crippen molar-refractivity contribution in [1.29, 1.82) is 0 Å². The summed E-state index contributed by atoms with van der Waals surface area (Å²) in [4.78, 5) is 0. The number of hydrogen-bond donors (Lipinski definition) is 2. The first-order valence-corrected chi connectivity index (χ1v) is 5.56. The maximum atomic E-state index is 10.7. The van der Waals surface area contributed by atoms with E-state index in [1.54, 1.807) is 7.11 Å². The molecule has 0 saturated heterocycles. The number of aliphatic hydroxyl groups is 1. The van der Waals surface area contributed by atoms with Gasteiger partial charge in [-0.2, -0.15) is 0 Å². The summed E-state index contributed by atoms with van der Waals surface area (Å²) in [5.74, 6) is 0.838. The fraction of sp³-hybridized carbons (Fsp3) is 0.538. The van der Waals surface area contributed by atoms with E-state index in [9.17, 15) is 5.11 Å². The average molecular weight is 223 g/mol. The highest BCUT2D eigenvalue weighted by Gasteiger charge is 2.34. The van der Waals surface area contributed by atoms with Crippen LogP contribution >= 0.6 is 0 Å². The molecule has 90 valence electrons. The fourth-order valence-electron chi connectivity index (χ4n) is 1.88. The third-order valence-corrected chi connectivity index (χ3v) is 2.97. The van der Waals surface area contributed by atoms with Gasteiger partial charge in [0.2, 0.25) is 0 Å². The fourth-order valence-corrected chi connectivity index (χ4v) is 1.88. The molecule has 1 rings (SSSR count). The number of nitrogens with one attached hydrogen (secondary N) is 1. The van der Waals surface area contributed by atoms with Gasteiger partial charge < -0.3 is 15.2 Å². The molecule has 0 heterocycles. The minimum atomic E-state index is -0.901. The Labute approximate surface area is 97.4 Å². The molecule has 0 bridgehead atoms. The zero-order chi connectivity index (χ0) is 12.2. The Hall–Kier alpha value is -1.06. The van der Waals surface area contributed by atoms with E-state index in [1.807, 2.05) is 45.2 Å². The smallest absolute Gasteiger partial charge is 0.125 e. The molecule has 1 aromatic rings. The van der Waals surface area contributed by atoms with Crippen LogP contribution in [0.5, 0.6) is 5.75 Å². The van der Waals surface area contributed by atoms with Crippen LogP contribution in [-0.4, -0.2) is 25.8 Å². The minimum absolute atomic E-state index is 0.108. The van der Waals surface area contributed by atoms with E-state index in [0.29, 0.717) is 6.54 Å². The number of methoxy groups -OCH3 is 1. The average Bonchev–Trinajstić information content (AvgIpc) is 2.29. The van der Waals surface area contributed by atoms with E-state index in [2.05, 4.69) is 5.32 Å². The zero-order valence-corrected chi connectivity index (χ0v) is 10.4. The summed E-state index contributed by atoms with van der Waals surface area (Å²) in [5.41, 5.74) is -0.0664. The number of likely N-dealkylation sites (N-methyl/N-ethyl adjacent to an activating group) is 1. The van der Waals surface area contributed by atoms with Crippen molar-refractivity contribution in [3.8, 4) is 5.75 Å². The summed E-state index contributed by atoms with van der Waals surface area (Å²) in [6, 6.07) is 7.61. The molecule has 0 spiro atoms. The molecule has 0 aliphatic carbocycles. The van der Waals surface area contributed by atoms with E-state index in [4.69, 9.17) is 4.74 Å². The van der Waals surface area contributed by atoms with Gasteiger partial charge in [-0.25, -0.2) is 0 Å². The number of ether oxygens (including phenoxy) is 1. The summed E-state index contributed by atoms with van der Waals surface area (Å²) < 4.78 is 5.30. The molecular formula is C13H21NO2. The van der Waals surface area contributed by atoms with Crippen LogP contribution in [0, 0.1) is 5.92 Å². The number of benzene rings is 1. The molecule has 16 heavy (non-hydrogen) atoms. The van der Waals surface area contributed by atoms with Crippen LogP contribution in [-0.2, 0) is 5.60 Å². The SMILES string of the molecule is CNCC(O)(c1ccccc1OC)C(C)C. The van der Waals surface area contributed by atoms with Gasteiger partial charge in [0, 0.05) is 12.1 Å². The summed E-state index contributed by atoms with van der Waals surface area (Å²) in [5, 5.41) is 13.8. The quantitative estimate of drug-likeness (QED) is 0.799. The van der Waals surface area contributed by atoms with Gasteiger partial charge in [0.15, 0.2) is 0 Å². The highest BCUT2D eigenvalue weighted by Crippen LogP contribution is 2.35. The van der Waals surface area contributed by atoms with Crippen LogP contribution in [0.2, 0.25) is 0 Å². The van der Waals surface area contributed by atoms with Crippen molar-refractivity contribution in [2.24, 2.45) is 5.92 Å². The Kier molecular flexibility index (Phi) is 4.33. The van der Waals surface area contributed by atoms with Gasteiger partial charge in [0.1, 0.15) is 11.4 Å². The Morgan fingerprint density at radius 2 is 2.00 bits per heavy atom. The Bertz CT molecular complexity index is 338. The lowest BCUT2D eigenvalue weighted by Gasteiger charge is -2.33. The molecule has 3 heteroatoms. The van der Waals surface area contributed by atoms with Gasteiger partial charge in [-0.3, -0.25) is 0 Å². The van der Waals surface area contributed by atoms with E-state index >= 15 is 0 Å². The highest BCUT2D eigenvalue weighted by atomic mass is 16.5. The largest absolute Gasteiger partial charge is 0.496 e. The van der Waals surface area contributed by atoms with Crippen LogP contribution in [0.3, 0.4) is 0 Å². The van der Waals surface area contributed by atoms with Gasteiger partial charge in [-0.15, -0.1) is 0 Å². The maximum absolute atomic E-state index is 10.7. The lowest BCUT2D eigenvalue weighted by molar-refractivity contribution is -0.00948. The topological polar surface area (TPSA) is 41.5 Å². The lowest BCUT2D eigenvalue weighted by atomic mass is 9.82. The van der Waals surface area contributed by atoms with Crippen LogP contribution in [0.4, 0.5) is 0 Å². The molecule has 1 aromatic carbocycles. The van der Waals surface area contributed by atoms with E-state index < -0.39 is 5.60 Å². The first-order chi connectivity index (χ1) is 7.56. The first kappa shape index (κ1) is 13.0. The third-order valence-electron chi connectivity index (χ3n) is 2.97. The van der Waals surface area contributed by atoms with Crippen molar-refractivity contribution in [2.75, 3.05) is 20.7 Å². The molecule has 0 fully saturated rings. The second kappa shape index (κ2) is 5.32. The summed E-state index contributed by atoms with van der Waals surface area (Å²) in [6.45, 7) is 4.51. The van der Waals surface area contributed by atoms with Gasteiger partial charge in [-0.1, -0.05) is 32.0 Å². The molecule has 1 unspecified atom stereocenters. The maximum Gasteiger partial charge on any atom is 0.125 e. The number of para-hydroxylation sites is 1. The third kappa shape index (κ3) is 2.36. The van der Waals surface area contributed by atoms with Crippen molar-refractivity contribution >= 4 is 0 Å². The van der Waals surface area contributed by atoms with Crippen LogP contribution in [0.25, 0.3) is 0 Å². The molecule has 0 saturated carbocycles. The molecule has 0 aliphatic heterocycles. The zero-order valence-electron chi connectivity index (χ0n) is 10.4. The molecular weight excluding hydrogens is 202 g/mol. The van der Waals surface area contributed by atoms with E-state index in [0.717, 1.165) is 11.3 Å². The van der Waals surface area contributed by atoms with Crippen molar-refractivity contribution in [1.82, 2.24) is 5.32 Å². The minimum Gasteiger partial charge on any atom is -0.496 e. The van der Waals surface area contributed by atoms with Gasteiger partial charge >= 0.3 is 0 Å². The van der Waals surface area contributed by atoms with E-state index in [1.165, 1.54) is 0 Å². The van der Waals surface area contributed by atoms with Crippen molar-refractivity contribution in [2.45, 2.75) is 19.4 Å². The monoisotopic (exact) mass is 223 g/mol. The van der Waals surface area contributed by atoms with Crippen LogP contribution in [0.15, 0.2) is 24.3 Å². The molecule has 0 aliphatic rings. The number of hydrogen-bond acceptors (Lipinski definition) is 3. The number of rotatable bonds is 5. The van der Waals surface area contributed by atoms with Gasteiger partial charge in [0.05, 0.1) is 7.11 Å². The van der Waals surface area contributed by atoms with Crippen molar-refractivity contribution in [3.63, 3.8) is 0 Å². The summed E-state index contributed by atoms with van der Waals surface area (Å²) >= 11 is 0. The van der Waals surface area contributed by atoms with Crippen LogP contribution < -0.4 is 10.1 Å². The standard InChI is InChI=1S/C13H21NO2/c1-10(2)13(15,9-14-3)11-7-5-6-8-12(11)16-4/h5-8,10,14-15H,9H2,1-4H3. The molecule has 1 atom stereocenters. The highest BCUT2D eigenvalue weighted by molar-refractivity contribution is 5.38. The molecule has 3 nitrogen and oxygen atoms in total. The second-order valence-corrected chi connectivity index (χ2v) is 4.31. The molecule has 0 aromatic heterocycles. The Morgan fingerprint density at radius 3 is 2.50 bits per heavy atom. The van der Waals surface area contributed by atoms with Crippen LogP contribution in [0.1, 0.15) is 19.4 Å². The van der Waals surface area contributed by atoms with Gasteiger partial charge in [-0.05, 0) is 19.0 Å². The first-order valence-electron chi connectivity index (χ1n) is 5.56. The lowest BCUT2D eigenvalue weighted by Crippen LogP contribution is -2.41. The van der Waals surface area contributed by atoms with E-state index in [-0.39, 0.29) is 5.92 Å². The molecule has 2 N–H and O–H groups in total. The predicted molar refractivity (Wildman–Crippen MR) is 65.7 cm³/mol. The molecule has 0 radical (unpaired) electrons.